The van der Waals surface area contributed by atoms with Crippen LogP contribution in [0.3, 0.4) is 0 Å². The van der Waals surface area contributed by atoms with Crippen LogP contribution in [0.15, 0.2) is 54.6 Å². The summed E-state index contributed by atoms with van der Waals surface area (Å²) in [7, 11) is 0. The van der Waals surface area contributed by atoms with E-state index in [0.29, 0.717) is 19.8 Å². The largest absolute Gasteiger partial charge is 0.381 e. The van der Waals surface area contributed by atoms with E-state index in [1.165, 1.54) is 0 Å². The van der Waals surface area contributed by atoms with Gasteiger partial charge < -0.3 is 9.64 Å². The molecule has 2 aromatic carbocycles. The number of nitrogens with zero attached hydrogens (tertiary/aromatic N) is 1. The van der Waals surface area contributed by atoms with Crippen LogP contribution in [0.25, 0.3) is 11.1 Å². The molecule has 2 fully saturated rings. The average molecular weight is 377 g/mol. The highest BCUT2D eigenvalue weighted by atomic mass is 16.5. The van der Waals surface area contributed by atoms with E-state index in [-0.39, 0.29) is 23.5 Å². The minimum atomic E-state index is -0.0971. The van der Waals surface area contributed by atoms with Crippen LogP contribution in [0.1, 0.15) is 36.0 Å². The highest BCUT2D eigenvalue weighted by Crippen LogP contribution is 2.26. The third-order valence-electron chi connectivity index (χ3n) is 5.95. The van der Waals surface area contributed by atoms with Crippen LogP contribution in [0.2, 0.25) is 0 Å². The fourth-order valence-electron chi connectivity index (χ4n) is 4.29. The molecule has 2 heterocycles. The quantitative estimate of drug-likeness (QED) is 0.750. The molecule has 1 atom stereocenters. The van der Waals surface area contributed by atoms with Gasteiger partial charge in [-0.05, 0) is 36.8 Å². The Morgan fingerprint density at radius 1 is 0.821 bits per heavy atom. The zero-order valence-corrected chi connectivity index (χ0v) is 16.2. The second kappa shape index (κ2) is 8.70. The molecular formula is C24H27NO3. The Labute approximate surface area is 166 Å². The summed E-state index contributed by atoms with van der Waals surface area (Å²) in [6.45, 7) is 2.66. The molecule has 2 aromatic rings. The van der Waals surface area contributed by atoms with Crippen molar-refractivity contribution < 1.29 is 14.3 Å². The molecule has 0 radical (unpaired) electrons. The molecule has 4 rings (SSSR count). The van der Waals surface area contributed by atoms with E-state index in [0.717, 1.165) is 48.9 Å². The summed E-state index contributed by atoms with van der Waals surface area (Å²) in [6.07, 6.45) is 3.36. The number of hydrogen-bond donors (Lipinski definition) is 0. The van der Waals surface area contributed by atoms with Gasteiger partial charge in [0.15, 0.2) is 5.78 Å². The van der Waals surface area contributed by atoms with Crippen LogP contribution in [-0.2, 0) is 9.53 Å². The van der Waals surface area contributed by atoms with E-state index in [2.05, 4.69) is 12.1 Å². The second-order valence-corrected chi connectivity index (χ2v) is 7.82. The van der Waals surface area contributed by atoms with E-state index < -0.39 is 0 Å². The molecule has 4 nitrogen and oxygen atoms in total. The number of piperidine rings is 1. The lowest BCUT2D eigenvalue weighted by Crippen LogP contribution is -2.45. The maximum absolute atomic E-state index is 13.0. The molecule has 146 valence electrons. The topological polar surface area (TPSA) is 46.6 Å². The summed E-state index contributed by atoms with van der Waals surface area (Å²) in [6, 6.07) is 18.0. The molecule has 2 saturated heterocycles. The van der Waals surface area contributed by atoms with Crippen LogP contribution in [0.5, 0.6) is 0 Å². The van der Waals surface area contributed by atoms with E-state index in [4.69, 9.17) is 4.74 Å². The van der Waals surface area contributed by atoms with Gasteiger partial charge in [-0.2, -0.15) is 0 Å². The van der Waals surface area contributed by atoms with Crippen LogP contribution >= 0.6 is 0 Å². The predicted octanol–water partition coefficient (Wildman–Crippen LogP) is 4.20. The maximum atomic E-state index is 13.0. The second-order valence-electron chi connectivity index (χ2n) is 7.82. The zero-order chi connectivity index (χ0) is 19.3. The number of carbonyl (C=O) groups is 2. The summed E-state index contributed by atoms with van der Waals surface area (Å²) in [5.41, 5.74) is 2.99. The fourth-order valence-corrected chi connectivity index (χ4v) is 4.29. The number of ketones is 1. The van der Waals surface area contributed by atoms with E-state index in [9.17, 15) is 9.59 Å². The highest BCUT2D eigenvalue weighted by Gasteiger charge is 2.32. The summed E-state index contributed by atoms with van der Waals surface area (Å²) in [5.74, 6) is 0.331. The molecule has 0 bridgehead atoms. The van der Waals surface area contributed by atoms with Crippen molar-refractivity contribution in [1.82, 2.24) is 4.90 Å². The number of hydrogen-bond acceptors (Lipinski definition) is 3. The predicted molar refractivity (Wildman–Crippen MR) is 109 cm³/mol. The normalized spacial score (nSPS) is 20.7. The fraction of sp³-hybridized carbons (Fsp3) is 0.417. The number of ether oxygens (including phenoxy) is 1. The van der Waals surface area contributed by atoms with Gasteiger partial charge in [-0.25, -0.2) is 0 Å². The lowest BCUT2D eigenvalue weighted by atomic mass is 9.88. The molecule has 0 N–H and O–H groups in total. The Hall–Kier alpha value is -2.46. The lowest BCUT2D eigenvalue weighted by Gasteiger charge is -2.35. The lowest BCUT2D eigenvalue weighted by molar-refractivity contribution is -0.140. The first-order valence-corrected chi connectivity index (χ1v) is 10.3. The van der Waals surface area contributed by atoms with Crippen molar-refractivity contribution in [2.75, 3.05) is 26.3 Å². The van der Waals surface area contributed by atoms with Crippen molar-refractivity contribution >= 4 is 11.7 Å². The number of rotatable bonds is 4. The Morgan fingerprint density at radius 3 is 2.21 bits per heavy atom. The highest BCUT2D eigenvalue weighted by molar-refractivity contribution is 5.98. The number of benzene rings is 2. The summed E-state index contributed by atoms with van der Waals surface area (Å²) < 4.78 is 5.37. The van der Waals surface area contributed by atoms with Crippen LogP contribution in [-0.4, -0.2) is 42.9 Å². The van der Waals surface area contributed by atoms with Gasteiger partial charge in [0, 0.05) is 43.7 Å². The molecule has 0 aromatic heterocycles. The summed E-state index contributed by atoms with van der Waals surface area (Å²) >= 11 is 0. The van der Waals surface area contributed by atoms with Gasteiger partial charge in [0.25, 0.3) is 0 Å². The van der Waals surface area contributed by atoms with Gasteiger partial charge in [0.2, 0.25) is 5.91 Å². The van der Waals surface area contributed by atoms with Crippen molar-refractivity contribution in [3.8, 4) is 11.1 Å². The minimum absolute atomic E-state index is 0.0627. The molecule has 0 unspecified atom stereocenters. The number of likely N-dealkylation sites (tertiary alicyclic amines) is 1. The van der Waals surface area contributed by atoms with Gasteiger partial charge >= 0.3 is 0 Å². The first-order valence-electron chi connectivity index (χ1n) is 10.3. The van der Waals surface area contributed by atoms with Crippen LogP contribution in [0, 0.1) is 11.8 Å². The monoisotopic (exact) mass is 377 g/mol. The van der Waals surface area contributed by atoms with Gasteiger partial charge in [-0.1, -0.05) is 54.6 Å². The SMILES string of the molecule is O=C(c1ccc(-c2ccccc2)cc1)[C@H]1CCCN(C(=O)C2CCOCC2)C1. The Balaban J connectivity index is 1.42. The first-order chi connectivity index (χ1) is 13.7. The third kappa shape index (κ3) is 4.17. The van der Waals surface area contributed by atoms with Crippen LogP contribution in [0.4, 0.5) is 0 Å². The molecule has 28 heavy (non-hydrogen) atoms. The van der Waals surface area contributed by atoms with Gasteiger partial charge in [-0.3, -0.25) is 9.59 Å². The van der Waals surface area contributed by atoms with Crippen molar-refractivity contribution in [3.63, 3.8) is 0 Å². The van der Waals surface area contributed by atoms with Gasteiger partial charge in [0.05, 0.1) is 0 Å². The molecular weight excluding hydrogens is 350 g/mol. The first kappa shape index (κ1) is 18.9. The van der Waals surface area contributed by atoms with Crippen molar-refractivity contribution in [2.24, 2.45) is 11.8 Å². The summed E-state index contributed by atoms with van der Waals surface area (Å²) in [4.78, 5) is 27.8. The standard InChI is InChI=1S/C24H27NO3/c26-23(20-10-8-19(9-11-20)18-5-2-1-3-6-18)22-7-4-14-25(17-22)24(27)21-12-15-28-16-13-21/h1-3,5-6,8-11,21-22H,4,7,12-17H2/t22-/m0/s1. The van der Waals surface area contributed by atoms with Crippen LogP contribution < -0.4 is 0 Å². The molecule has 2 aliphatic rings. The van der Waals surface area contributed by atoms with Crippen molar-refractivity contribution in [3.05, 3.63) is 60.2 Å². The zero-order valence-electron chi connectivity index (χ0n) is 16.2. The Bertz CT molecular complexity index is 810. The Kier molecular flexibility index (Phi) is 5.87. The van der Waals surface area contributed by atoms with Crippen molar-refractivity contribution in [1.29, 1.82) is 0 Å². The number of amides is 1. The molecule has 2 aliphatic heterocycles. The average Bonchev–Trinajstić information content (AvgIpc) is 2.79. The number of carbonyl (C=O) groups excluding carboxylic acids is 2. The van der Waals surface area contributed by atoms with Gasteiger partial charge in [-0.15, -0.1) is 0 Å². The number of Topliss-reactive ketones (excluding diaryl/α,β-unsaturated/α-hetero) is 1. The van der Waals surface area contributed by atoms with E-state index in [1.54, 1.807) is 0 Å². The molecule has 0 saturated carbocycles. The Morgan fingerprint density at radius 2 is 1.50 bits per heavy atom. The van der Waals surface area contributed by atoms with E-state index in [1.807, 2.05) is 47.4 Å². The van der Waals surface area contributed by atoms with E-state index >= 15 is 0 Å². The van der Waals surface area contributed by atoms with Gasteiger partial charge in [0.1, 0.15) is 0 Å². The molecule has 1 amide bonds. The molecule has 4 heteroatoms. The smallest absolute Gasteiger partial charge is 0.225 e. The molecule has 0 spiro atoms. The van der Waals surface area contributed by atoms with Crippen molar-refractivity contribution in [2.45, 2.75) is 25.7 Å². The summed E-state index contributed by atoms with van der Waals surface area (Å²) in [5, 5.41) is 0. The maximum Gasteiger partial charge on any atom is 0.225 e. The third-order valence-corrected chi connectivity index (χ3v) is 5.95. The minimum Gasteiger partial charge on any atom is -0.381 e. The molecule has 0 aliphatic carbocycles.